The van der Waals surface area contributed by atoms with Gasteiger partial charge >= 0.3 is 0 Å². The number of rotatable bonds is 3. The first-order chi connectivity index (χ1) is 7.66. The van der Waals surface area contributed by atoms with Gasteiger partial charge in [-0.1, -0.05) is 20.3 Å². The lowest BCUT2D eigenvalue weighted by Crippen LogP contribution is -2.32. The van der Waals surface area contributed by atoms with Crippen LogP contribution in [0.15, 0.2) is 0 Å². The first kappa shape index (κ1) is 12.3. The first-order valence-electron chi connectivity index (χ1n) is 6.58. The summed E-state index contributed by atoms with van der Waals surface area (Å²) < 4.78 is 10.8. The lowest BCUT2D eigenvalue weighted by Gasteiger charge is -2.35. The van der Waals surface area contributed by atoms with Gasteiger partial charge in [-0.3, -0.25) is 0 Å². The van der Waals surface area contributed by atoms with Crippen LogP contribution in [0.2, 0.25) is 0 Å². The summed E-state index contributed by atoms with van der Waals surface area (Å²) in [6.07, 6.45) is 3.78. The third kappa shape index (κ3) is 2.96. The number of aliphatic hydroxyl groups excluding tert-OH is 1. The largest absolute Gasteiger partial charge is 0.393 e. The van der Waals surface area contributed by atoms with Crippen molar-refractivity contribution in [2.24, 2.45) is 17.8 Å². The molecule has 3 nitrogen and oxygen atoms in total. The molecule has 0 aromatic rings. The van der Waals surface area contributed by atoms with Gasteiger partial charge in [0.05, 0.1) is 19.3 Å². The van der Waals surface area contributed by atoms with Crippen molar-refractivity contribution in [1.29, 1.82) is 0 Å². The van der Waals surface area contributed by atoms with Crippen molar-refractivity contribution in [2.75, 3.05) is 13.2 Å². The van der Waals surface area contributed by atoms with Crippen LogP contribution in [0.4, 0.5) is 0 Å². The molecule has 4 atom stereocenters. The van der Waals surface area contributed by atoms with Gasteiger partial charge in [0.25, 0.3) is 0 Å². The molecule has 1 saturated heterocycles. The second-order valence-electron chi connectivity index (χ2n) is 5.50. The van der Waals surface area contributed by atoms with E-state index in [-0.39, 0.29) is 12.4 Å². The zero-order chi connectivity index (χ0) is 11.5. The zero-order valence-electron chi connectivity index (χ0n) is 10.4. The molecule has 0 spiro atoms. The summed E-state index contributed by atoms with van der Waals surface area (Å²) in [5, 5.41) is 10.2. The second-order valence-corrected chi connectivity index (χ2v) is 5.50. The van der Waals surface area contributed by atoms with E-state index in [9.17, 15) is 5.11 Å². The summed E-state index contributed by atoms with van der Waals surface area (Å²) in [6, 6.07) is 0. The minimum atomic E-state index is -0.252. The number of ether oxygens (including phenoxy) is 2. The number of aliphatic hydroxyl groups is 1. The van der Waals surface area contributed by atoms with Crippen molar-refractivity contribution in [1.82, 2.24) is 0 Å². The Balaban J connectivity index is 1.78. The van der Waals surface area contributed by atoms with Gasteiger partial charge in [-0.2, -0.15) is 0 Å². The van der Waals surface area contributed by atoms with Crippen molar-refractivity contribution in [3.05, 3.63) is 0 Å². The van der Waals surface area contributed by atoms with Crippen LogP contribution in [0.5, 0.6) is 0 Å². The average Bonchev–Trinajstić information content (AvgIpc) is 2.74. The summed E-state index contributed by atoms with van der Waals surface area (Å²) >= 11 is 0. The normalized spacial score (nSPS) is 38.8. The summed E-state index contributed by atoms with van der Waals surface area (Å²) in [7, 11) is 0. The van der Waals surface area contributed by atoms with E-state index in [1.54, 1.807) is 0 Å². The van der Waals surface area contributed by atoms with Crippen LogP contribution in [0.1, 0.15) is 39.5 Å². The van der Waals surface area contributed by atoms with Crippen LogP contribution in [-0.4, -0.2) is 30.7 Å². The van der Waals surface area contributed by atoms with Crippen LogP contribution in [0.25, 0.3) is 0 Å². The van der Waals surface area contributed by atoms with Gasteiger partial charge < -0.3 is 14.6 Å². The summed E-state index contributed by atoms with van der Waals surface area (Å²) in [5.74, 6) is 1.99. The third-order valence-electron chi connectivity index (χ3n) is 4.31. The molecule has 0 radical (unpaired) electrons. The maximum absolute atomic E-state index is 10.2. The Kier molecular flexibility index (Phi) is 4.22. The van der Waals surface area contributed by atoms with E-state index in [0.717, 1.165) is 24.7 Å². The van der Waals surface area contributed by atoms with E-state index in [2.05, 4.69) is 13.8 Å². The van der Waals surface area contributed by atoms with Crippen molar-refractivity contribution < 1.29 is 14.6 Å². The molecule has 3 heteroatoms. The summed E-state index contributed by atoms with van der Waals surface area (Å²) in [6.45, 7) is 5.97. The SMILES string of the molecule is CC1CCC(C(O)CC2OCCO2)CC1C. The summed E-state index contributed by atoms with van der Waals surface area (Å²) in [5.41, 5.74) is 0. The Morgan fingerprint density at radius 1 is 1.12 bits per heavy atom. The van der Waals surface area contributed by atoms with Gasteiger partial charge in [0.1, 0.15) is 0 Å². The molecule has 2 aliphatic rings. The highest BCUT2D eigenvalue weighted by Crippen LogP contribution is 2.36. The molecule has 0 amide bonds. The second kappa shape index (κ2) is 5.48. The molecule has 16 heavy (non-hydrogen) atoms. The van der Waals surface area contributed by atoms with E-state index in [0.29, 0.717) is 25.6 Å². The molecule has 1 aliphatic heterocycles. The van der Waals surface area contributed by atoms with Crippen LogP contribution < -0.4 is 0 Å². The molecule has 1 aliphatic carbocycles. The van der Waals surface area contributed by atoms with E-state index < -0.39 is 0 Å². The fourth-order valence-corrected chi connectivity index (χ4v) is 2.87. The lowest BCUT2D eigenvalue weighted by molar-refractivity contribution is -0.0844. The van der Waals surface area contributed by atoms with Crippen molar-refractivity contribution in [2.45, 2.75) is 51.9 Å². The van der Waals surface area contributed by atoms with Gasteiger partial charge in [0.2, 0.25) is 0 Å². The monoisotopic (exact) mass is 228 g/mol. The summed E-state index contributed by atoms with van der Waals surface area (Å²) in [4.78, 5) is 0. The smallest absolute Gasteiger partial charge is 0.160 e. The van der Waals surface area contributed by atoms with Crippen molar-refractivity contribution in [3.63, 3.8) is 0 Å². The Morgan fingerprint density at radius 2 is 1.81 bits per heavy atom. The maximum atomic E-state index is 10.2. The quantitative estimate of drug-likeness (QED) is 0.804. The molecular weight excluding hydrogens is 204 g/mol. The third-order valence-corrected chi connectivity index (χ3v) is 4.31. The Hall–Kier alpha value is -0.120. The lowest BCUT2D eigenvalue weighted by atomic mass is 9.73. The molecule has 2 rings (SSSR count). The van der Waals surface area contributed by atoms with Crippen molar-refractivity contribution in [3.8, 4) is 0 Å². The Bertz CT molecular complexity index is 213. The molecule has 94 valence electrons. The molecule has 1 heterocycles. The Labute approximate surface area is 98.1 Å². The minimum Gasteiger partial charge on any atom is -0.393 e. The van der Waals surface area contributed by atoms with E-state index in [4.69, 9.17) is 9.47 Å². The topological polar surface area (TPSA) is 38.7 Å². The first-order valence-corrected chi connectivity index (χ1v) is 6.58. The van der Waals surface area contributed by atoms with Crippen LogP contribution in [0.3, 0.4) is 0 Å². The fraction of sp³-hybridized carbons (Fsp3) is 1.00. The molecule has 1 N–H and O–H groups in total. The average molecular weight is 228 g/mol. The molecule has 0 aromatic carbocycles. The van der Waals surface area contributed by atoms with Gasteiger partial charge in [-0.05, 0) is 30.6 Å². The van der Waals surface area contributed by atoms with E-state index >= 15 is 0 Å². The van der Waals surface area contributed by atoms with Gasteiger partial charge in [-0.25, -0.2) is 0 Å². The predicted octanol–water partition coefficient (Wildman–Crippen LogP) is 2.18. The zero-order valence-corrected chi connectivity index (χ0v) is 10.4. The minimum absolute atomic E-state index is 0.162. The number of hydrogen-bond acceptors (Lipinski definition) is 3. The van der Waals surface area contributed by atoms with Crippen LogP contribution >= 0.6 is 0 Å². The Morgan fingerprint density at radius 3 is 2.44 bits per heavy atom. The highest BCUT2D eigenvalue weighted by Gasteiger charge is 2.31. The van der Waals surface area contributed by atoms with Crippen molar-refractivity contribution >= 4 is 0 Å². The molecule has 1 saturated carbocycles. The van der Waals surface area contributed by atoms with Gasteiger partial charge in [0, 0.05) is 6.42 Å². The van der Waals surface area contributed by atoms with E-state index in [1.165, 1.54) is 6.42 Å². The molecular formula is C13H24O3. The predicted molar refractivity (Wildman–Crippen MR) is 62.0 cm³/mol. The molecule has 4 unspecified atom stereocenters. The standard InChI is InChI=1S/C13H24O3/c1-9-3-4-11(7-10(9)2)12(14)8-13-15-5-6-16-13/h9-14H,3-8H2,1-2H3. The highest BCUT2D eigenvalue weighted by atomic mass is 16.7. The highest BCUT2D eigenvalue weighted by molar-refractivity contribution is 4.80. The van der Waals surface area contributed by atoms with Gasteiger partial charge in [-0.15, -0.1) is 0 Å². The van der Waals surface area contributed by atoms with Crippen LogP contribution in [-0.2, 0) is 9.47 Å². The van der Waals surface area contributed by atoms with Gasteiger partial charge in [0.15, 0.2) is 6.29 Å². The molecule has 0 aromatic heterocycles. The fourth-order valence-electron chi connectivity index (χ4n) is 2.87. The van der Waals surface area contributed by atoms with Crippen LogP contribution in [0, 0.1) is 17.8 Å². The molecule has 0 bridgehead atoms. The number of hydrogen-bond donors (Lipinski definition) is 1. The van der Waals surface area contributed by atoms with E-state index in [1.807, 2.05) is 0 Å². The molecule has 2 fully saturated rings. The maximum Gasteiger partial charge on any atom is 0.160 e.